The number of esters is 2. The number of aromatic hydroxyl groups is 1. The Morgan fingerprint density at radius 2 is 1.96 bits per heavy atom. The van der Waals surface area contributed by atoms with Gasteiger partial charge in [0.2, 0.25) is 6.29 Å². The summed E-state index contributed by atoms with van der Waals surface area (Å²) in [4.78, 5) is 35.9. The van der Waals surface area contributed by atoms with Gasteiger partial charge in [-0.3, -0.25) is 9.59 Å². The number of rotatable bonds is 2. The highest BCUT2D eigenvalue weighted by Gasteiger charge is 2.40. The molecule has 3 rings (SSSR count). The SMILES string of the molecule is COC1=C(\C=O)COc2c(c(C)c(O)c3c2C(O)OC3=O)OC(=O)C/C(C)=C\1. The average molecular weight is 390 g/mol. The summed E-state index contributed by atoms with van der Waals surface area (Å²) in [5, 5.41) is 20.5. The Morgan fingerprint density at radius 1 is 1.25 bits per heavy atom. The third-order valence-electron chi connectivity index (χ3n) is 4.39. The summed E-state index contributed by atoms with van der Waals surface area (Å²) in [6, 6.07) is 0. The minimum atomic E-state index is -1.73. The van der Waals surface area contributed by atoms with Crippen molar-refractivity contribution in [2.24, 2.45) is 0 Å². The Balaban J connectivity index is 2.24. The van der Waals surface area contributed by atoms with E-state index in [2.05, 4.69) is 0 Å². The van der Waals surface area contributed by atoms with Gasteiger partial charge in [0.25, 0.3) is 0 Å². The van der Waals surface area contributed by atoms with Crippen molar-refractivity contribution >= 4 is 18.2 Å². The Kier molecular flexibility index (Phi) is 5.10. The highest BCUT2D eigenvalue weighted by molar-refractivity contribution is 5.99. The second-order valence-electron chi connectivity index (χ2n) is 6.32. The molecule has 0 saturated carbocycles. The van der Waals surface area contributed by atoms with Crippen molar-refractivity contribution in [1.82, 2.24) is 0 Å². The van der Waals surface area contributed by atoms with E-state index in [0.29, 0.717) is 11.9 Å². The van der Waals surface area contributed by atoms with Gasteiger partial charge in [0, 0.05) is 5.56 Å². The highest BCUT2D eigenvalue weighted by atomic mass is 16.6. The van der Waals surface area contributed by atoms with Crippen LogP contribution in [0, 0.1) is 6.92 Å². The van der Waals surface area contributed by atoms with Gasteiger partial charge in [-0.05, 0) is 19.9 Å². The highest BCUT2D eigenvalue weighted by Crippen LogP contribution is 2.49. The Hall–Kier alpha value is -3.33. The van der Waals surface area contributed by atoms with Gasteiger partial charge < -0.3 is 29.2 Å². The van der Waals surface area contributed by atoms with Crippen LogP contribution in [0.25, 0.3) is 0 Å². The van der Waals surface area contributed by atoms with Crippen molar-refractivity contribution in [2.75, 3.05) is 13.7 Å². The molecule has 9 heteroatoms. The van der Waals surface area contributed by atoms with Gasteiger partial charge in [0.05, 0.1) is 24.7 Å². The number of cyclic esters (lactones) is 1. The van der Waals surface area contributed by atoms with Crippen LogP contribution in [0.5, 0.6) is 17.2 Å². The first-order valence-corrected chi connectivity index (χ1v) is 8.29. The molecule has 1 unspecified atom stereocenters. The molecule has 2 aliphatic rings. The first kappa shape index (κ1) is 19.4. The Labute approximate surface area is 159 Å². The Bertz CT molecular complexity index is 939. The average Bonchev–Trinajstić information content (AvgIpc) is 2.93. The number of fused-ring (bicyclic) bond motifs is 3. The molecular formula is C19H18O9. The van der Waals surface area contributed by atoms with Crippen molar-refractivity contribution in [3.63, 3.8) is 0 Å². The molecule has 0 aliphatic carbocycles. The number of carbonyl (C=O) groups excluding carboxylic acids is 3. The lowest BCUT2D eigenvalue weighted by Gasteiger charge is -2.18. The number of aldehydes is 1. The maximum Gasteiger partial charge on any atom is 0.345 e. The van der Waals surface area contributed by atoms with E-state index < -0.39 is 24.0 Å². The summed E-state index contributed by atoms with van der Waals surface area (Å²) in [7, 11) is 1.37. The molecule has 2 heterocycles. The topological polar surface area (TPSA) is 129 Å². The van der Waals surface area contributed by atoms with E-state index in [-0.39, 0.29) is 52.5 Å². The van der Waals surface area contributed by atoms with Crippen LogP contribution in [-0.2, 0) is 19.1 Å². The van der Waals surface area contributed by atoms with Crippen molar-refractivity contribution in [2.45, 2.75) is 26.6 Å². The molecule has 9 nitrogen and oxygen atoms in total. The van der Waals surface area contributed by atoms with E-state index in [1.807, 2.05) is 0 Å². The number of methoxy groups -OCH3 is 1. The van der Waals surface area contributed by atoms with Crippen molar-refractivity contribution < 1.29 is 43.5 Å². The quantitative estimate of drug-likeness (QED) is 0.439. The molecule has 1 aromatic rings. The van der Waals surface area contributed by atoms with Crippen LogP contribution in [0.3, 0.4) is 0 Å². The van der Waals surface area contributed by atoms with E-state index in [1.54, 1.807) is 6.92 Å². The summed E-state index contributed by atoms with van der Waals surface area (Å²) in [5.41, 5.74) is 0.279. The number of phenols is 1. The standard InChI is InChI=1S/C19H18O9/c1-8-4-11(25-3)10(6-20)7-26-17-14-13(18(23)28-19(14)24)15(22)9(2)16(17)27-12(21)5-8/h4,6,19,22,24H,5,7H2,1-3H3/b8-4-,11-10+. The maximum atomic E-state index is 12.4. The summed E-state index contributed by atoms with van der Waals surface area (Å²) in [5.74, 6) is -2.26. The van der Waals surface area contributed by atoms with Crippen LogP contribution in [-0.4, -0.2) is 42.2 Å². The fraction of sp³-hybridized carbons (Fsp3) is 0.316. The van der Waals surface area contributed by atoms with Gasteiger partial charge in [0.15, 0.2) is 17.8 Å². The maximum absolute atomic E-state index is 12.4. The minimum absolute atomic E-state index is 0.0534. The molecule has 0 saturated heterocycles. The van der Waals surface area contributed by atoms with Gasteiger partial charge in [-0.15, -0.1) is 0 Å². The minimum Gasteiger partial charge on any atom is -0.507 e. The smallest absolute Gasteiger partial charge is 0.345 e. The van der Waals surface area contributed by atoms with Gasteiger partial charge in [-0.1, -0.05) is 5.57 Å². The normalized spacial score (nSPS) is 23.9. The number of aliphatic hydroxyl groups excluding tert-OH is 1. The summed E-state index contributed by atoms with van der Waals surface area (Å²) < 4.78 is 21.0. The monoisotopic (exact) mass is 390 g/mol. The van der Waals surface area contributed by atoms with Crippen LogP contribution < -0.4 is 9.47 Å². The molecule has 0 fully saturated rings. The fourth-order valence-electron chi connectivity index (χ4n) is 3.00. The zero-order valence-electron chi connectivity index (χ0n) is 15.4. The zero-order chi connectivity index (χ0) is 20.6. The molecule has 0 bridgehead atoms. The van der Waals surface area contributed by atoms with Crippen molar-refractivity contribution in [1.29, 1.82) is 0 Å². The first-order valence-electron chi connectivity index (χ1n) is 8.29. The van der Waals surface area contributed by atoms with Crippen LogP contribution in [0.15, 0.2) is 23.0 Å². The van der Waals surface area contributed by atoms with Crippen LogP contribution in [0.2, 0.25) is 0 Å². The second-order valence-corrected chi connectivity index (χ2v) is 6.32. The molecule has 0 aromatic heterocycles. The molecule has 0 radical (unpaired) electrons. The largest absolute Gasteiger partial charge is 0.507 e. The molecule has 28 heavy (non-hydrogen) atoms. The number of ether oxygens (including phenoxy) is 4. The van der Waals surface area contributed by atoms with Crippen LogP contribution >= 0.6 is 0 Å². The zero-order valence-corrected chi connectivity index (χ0v) is 15.4. The number of carbonyl (C=O) groups is 3. The number of allylic oxidation sites excluding steroid dienone is 1. The predicted octanol–water partition coefficient (Wildman–Crippen LogP) is 1.60. The molecule has 1 atom stereocenters. The number of benzene rings is 1. The summed E-state index contributed by atoms with van der Waals surface area (Å²) >= 11 is 0. The molecule has 0 spiro atoms. The summed E-state index contributed by atoms with van der Waals surface area (Å²) in [6.07, 6.45) is 0.194. The molecule has 148 valence electrons. The fourth-order valence-corrected chi connectivity index (χ4v) is 3.00. The lowest BCUT2D eigenvalue weighted by Crippen LogP contribution is -2.13. The van der Waals surface area contributed by atoms with E-state index in [1.165, 1.54) is 20.1 Å². The first-order chi connectivity index (χ1) is 13.3. The van der Waals surface area contributed by atoms with Gasteiger partial charge in [-0.25, -0.2) is 4.79 Å². The van der Waals surface area contributed by atoms with Gasteiger partial charge in [-0.2, -0.15) is 0 Å². The van der Waals surface area contributed by atoms with Gasteiger partial charge >= 0.3 is 11.9 Å². The van der Waals surface area contributed by atoms with E-state index >= 15 is 0 Å². The number of hydrogen-bond acceptors (Lipinski definition) is 9. The van der Waals surface area contributed by atoms with Gasteiger partial charge in [0.1, 0.15) is 23.7 Å². The van der Waals surface area contributed by atoms with E-state index in [4.69, 9.17) is 18.9 Å². The lowest BCUT2D eigenvalue weighted by atomic mass is 10.0. The van der Waals surface area contributed by atoms with E-state index in [9.17, 15) is 24.6 Å². The van der Waals surface area contributed by atoms with Crippen molar-refractivity contribution in [3.05, 3.63) is 39.7 Å². The summed E-state index contributed by atoms with van der Waals surface area (Å²) in [6.45, 7) is 2.77. The molecule has 2 aliphatic heterocycles. The third kappa shape index (κ3) is 3.20. The van der Waals surface area contributed by atoms with Crippen LogP contribution in [0.4, 0.5) is 0 Å². The number of aliphatic hydroxyl groups is 1. The lowest BCUT2D eigenvalue weighted by molar-refractivity contribution is -0.133. The van der Waals surface area contributed by atoms with Crippen molar-refractivity contribution in [3.8, 4) is 17.2 Å². The molecule has 0 amide bonds. The molecule has 1 aromatic carbocycles. The second kappa shape index (κ2) is 7.35. The number of phenolic OH excluding ortho intramolecular Hbond substituents is 1. The third-order valence-corrected chi connectivity index (χ3v) is 4.39. The molecule has 2 N–H and O–H groups in total. The van der Waals surface area contributed by atoms with E-state index in [0.717, 1.165) is 0 Å². The predicted molar refractivity (Wildman–Crippen MR) is 92.8 cm³/mol. The van der Waals surface area contributed by atoms with Crippen LogP contribution in [0.1, 0.15) is 41.1 Å². The molecular weight excluding hydrogens is 372 g/mol. The Morgan fingerprint density at radius 3 is 2.61 bits per heavy atom. The number of hydrogen-bond donors (Lipinski definition) is 2.